The molecule has 4 N–H and O–H groups in total. The van der Waals surface area contributed by atoms with Crippen LogP contribution in [-0.4, -0.2) is 32.7 Å². The molecule has 0 fully saturated rings. The molecule has 0 aromatic heterocycles. The van der Waals surface area contributed by atoms with E-state index in [-0.39, 0.29) is 0 Å². The van der Waals surface area contributed by atoms with Crippen LogP contribution in [0.25, 0.3) is 0 Å². The van der Waals surface area contributed by atoms with Gasteiger partial charge in [-0.2, -0.15) is 0 Å². The van der Waals surface area contributed by atoms with Crippen molar-refractivity contribution in [1.82, 2.24) is 0 Å². The summed E-state index contributed by atoms with van der Waals surface area (Å²) in [6.45, 7) is 10.5. The van der Waals surface area contributed by atoms with E-state index < -0.39 is 12.3 Å². The van der Waals surface area contributed by atoms with Gasteiger partial charge in [0.15, 0.2) is 0 Å². The lowest BCUT2D eigenvalue weighted by atomic mass is 10.8. The minimum atomic E-state index is -1.83. The van der Waals surface area contributed by atoms with Gasteiger partial charge in [0.25, 0.3) is 0 Å². The molecule has 6 nitrogen and oxygen atoms in total. The highest BCUT2D eigenvalue weighted by molar-refractivity contribution is 5.53. The van der Waals surface area contributed by atoms with Crippen LogP contribution in [0.4, 0.5) is 9.59 Å². The average Bonchev–Trinajstić information content (AvgIpc) is 1.85. The molecule has 0 amide bonds. The van der Waals surface area contributed by atoms with Crippen LogP contribution in [0.3, 0.4) is 0 Å². The third kappa shape index (κ3) is 208. The molecule has 14 heavy (non-hydrogen) atoms. The number of carbonyl (C=O) groups is 2. The highest BCUT2D eigenvalue weighted by atomic mass is 16.6. The van der Waals surface area contributed by atoms with Crippen LogP contribution < -0.4 is 0 Å². The molecule has 0 rings (SSSR count). The van der Waals surface area contributed by atoms with Crippen LogP contribution in [0.2, 0.25) is 0 Å². The lowest BCUT2D eigenvalue weighted by molar-refractivity contribution is 0.135. The van der Waals surface area contributed by atoms with Gasteiger partial charge in [0, 0.05) is 0 Å². The zero-order valence-electron chi connectivity index (χ0n) is 8.17. The van der Waals surface area contributed by atoms with E-state index in [1.54, 1.807) is 12.2 Å². The number of hydrogen-bond acceptors (Lipinski definition) is 2. The Morgan fingerprint density at radius 1 is 0.857 bits per heavy atom. The van der Waals surface area contributed by atoms with Gasteiger partial charge >= 0.3 is 12.3 Å². The Morgan fingerprint density at radius 3 is 0.857 bits per heavy atom. The van der Waals surface area contributed by atoms with Crippen molar-refractivity contribution in [3.05, 3.63) is 25.3 Å². The van der Waals surface area contributed by atoms with E-state index in [1.807, 2.05) is 13.8 Å². The zero-order valence-corrected chi connectivity index (χ0v) is 8.17. The minimum Gasteiger partial charge on any atom is -0.450 e. The zero-order chi connectivity index (χ0) is 12.6. The van der Waals surface area contributed by atoms with E-state index in [9.17, 15) is 0 Å². The molecule has 0 aromatic rings. The topological polar surface area (TPSA) is 115 Å². The fraction of sp³-hybridized carbons (Fsp3) is 0.250. The van der Waals surface area contributed by atoms with E-state index in [0.717, 1.165) is 0 Å². The van der Waals surface area contributed by atoms with E-state index >= 15 is 0 Å². The predicted molar refractivity (Wildman–Crippen MR) is 53.0 cm³/mol. The van der Waals surface area contributed by atoms with Gasteiger partial charge in [-0.05, 0) is 13.8 Å². The number of allylic oxidation sites excluding steroid dienone is 2. The molecule has 0 unspecified atom stereocenters. The maximum Gasteiger partial charge on any atom is 0.503 e. The molecular formula is C8H16O6. The van der Waals surface area contributed by atoms with E-state index in [0.29, 0.717) is 0 Å². The summed E-state index contributed by atoms with van der Waals surface area (Å²) in [7, 11) is 0. The molecule has 0 aliphatic rings. The van der Waals surface area contributed by atoms with Crippen molar-refractivity contribution in [3.8, 4) is 0 Å². The molecule has 6 heteroatoms. The number of rotatable bonds is 0. The second-order valence-corrected chi connectivity index (χ2v) is 1.38. The van der Waals surface area contributed by atoms with E-state index in [4.69, 9.17) is 30.0 Å². The van der Waals surface area contributed by atoms with Crippen LogP contribution in [0.1, 0.15) is 13.8 Å². The van der Waals surface area contributed by atoms with Crippen LogP contribution in [0, 0.1) is 0 Å². The highest BCUT2D eigenvalue weighted by Crippen LogP contribution is 1.43. The Kier molecular flexibility index (Phi) is 49.5. The first-order valence-corrected chi connectivity index (χ1v) is 3.27. The fourth-order valence-corrected chi connectivity index (χ4v) is 0. The summed E-state index contributed by atoms with van der Waals surface area (Å²) >= 11 is 0. The third-order valence-corrected chi connectivity index (χ3v) is 0. The monoisotopic (exact) mass is 208 g/mol. The van der Waals surface area contributed by atoms with Crippen LogP contribution in [0.15, 0.2) is 25.3 Å². The molecule has 0 aliphatic carbocycles. The van der Waals surface area contributed by atoms with E-state index in [2.05, 4.69) is 13.2 Å². The van der Waals surface area contributed by atoms with Gasteiger partial charge in [-0.1, -0.05) is 12.2 Å². The molecule has 0 heterocycles. The van der Waals surface area contributed by atoms with Crippen molar-refractivity contribution in [2.24, 2.45) is 0 Å². The summed E-state index contributed by atoms with van der Waals surface area (Å²) in [5.74, 6) is 0. The summed E-state index contributed by atoms with van der Waals surface area (Å²) in [5.41, 5.74) is 0. The lowest BCUT2D eigenvalue weighted by Gasteiger charge is -1.60. The van der Waals surface area contributed by atoms with Crippen molar-refractivity contribution in [3.63, 3.8) is 0 Å². The normalized spacial score (nSPS) is 5.29. The largest absolute Gasteiger partial charge is 0.503 e. The van der Waals surface area contributed by atoms with Crippen LogP contribution in [-0.2, 0) is 0 Å². The molecule has 84 valence electrons. The fourth-order valence-electron chi connectivity index (χ4n) is 0. The van der Waals surface area contributed by atoms with Crippen molar-refractivity contribution in [2.45, 2.75) is 13.8 Å². The van der Waals surface area contributed by atoms with Crippen molar-refractivity contribution < 1.29 is 30.0 Å². The Bertz CT molecular complexity index is 126. The van der Waals surface area contributed by atoms with E-state index in [1.165, 1.54) is 0 Å². The Labute approximate surface area is 82.4 Å². The summed E-state index contributed by atoms with van der Waals surface area (Å²) in [5, 5.41) is 27.9. The molecule has 0 aromatic carbocycles. The second kappa shape index (κ2) is 30.5. The molecule has 0 spiro atoms. The number of carboxylic acid groups (broad SMARTS) is 4. The summed E-state index contributed by atoms with van der Waals surface area (Å²) in [4.78, 5) is 17.1. The first-order valence-electron chi connectivity index (χ1n) is 3.27. The van der Waals surface area contributed by atoms with Gasteiger partial charge < -0.3 is 20.4 Å². The smallest absolute Gasteiger partial charge is 0.450 e. The maximum absolute atomic E-state index is 8.56. The van der Waals surface area contributed by atoms with Crippen LogP contribution >= 0.6 is 0 Å². The predicted octanol–water partition coefficient (Wildman–Crippen LogP) is 2.83. The maximum atomic E-state index is 8.56. The average molecular weight is 208 g/mol. The van der Waals surface area contributed by atoms with Gasteiger partial charge in [-0.15, -0.1) is 13.2 Å². The Hall–Kier alpha value is -1.98. The molecule has 0 saturated heterocycles. The van der Waals surface area contributed by atoms with Gasteiger partial charge in [0.2, 0.25) is 0 Å². The minimum absolute atomic E-state index is 1.75. The second-order valence-electron chi connectivity index (χ2n) is 1.38. The first-order chi connectivity index (χ1) is 6.29. The SMILES string of the molecule is C=CC.C=CC.O=C(O)O.O=C(O)O. The first kappa shape index (κ1) is 22.7. The van der Waals surface area contributed by atoms with Gasteiger partial charge in [0.1, 0.15) is 0 Å². The van der Waals surface area contributed by atoms with Crippen LogP contribution in [0.5, 0.6) is 0 Å². The molecule has 0 saturated carbocycles. The molecule has 0 bridgehead atoms. The summed E-state index contributed by atoms with van der Waals surface area (Å²) in [6, 6.07) is 0. The number of hydrogen-bond donors (Lipinski definition) is 4. The molecule has 0 aliphatic heterocycles. The Balaban J connectivity index is -0.0000000482. The quantitative estimate of drug-likeness (QED) is 0.455. The Morgan fingerprint density at radius 2 is 0.857 bits per heavy atom. The van der Waals surface area contributed by atoms with Crippen molar-refractivity contribution in [2.75, 3.05) is 0 Å². The molecule has 0 atom stereocenters. The third-order valence-electron chi connectivity index (χ3n) is 0. The highest BCUT2D eigenvalue weighted by Gasteiger charge is 1.70. The molecule has 0 radical (unpaired) electrons. The van der Waals surface area contributed by atoms with Crippen molar-refractivity contribution in [1.29, 1.82) is 0 Å². The standard InChI is InChI=1S/2C3H6.2CH2O3/c2*1-3-2;2*2-1(3)4/h2*3H,1H2,2H3;2*(H2,2,3,4). The summed E-state index contributed by atoms with van der Waals surface area (Å²) < 4.78 is 0. The van der Waals surface area contributed by atoms with Gasteiger partial charge in [-0.3, -0.25) is 0 Å². The van der Waals surface area contributed by atoms with Gasteiger partial charge in [0.05, 0.1) is 0 Å². The lowest BCUT2D eigenvalue weighted by Crippen LogP contribution is -1.81. The summed E-state index contributed by atoms with van der Waals surface area (Å²) in [6.07, 6.45) is -0.167. The molecular weight excluding hydrogens is 192 g/mol. The van der Waals surface area contributed by atoms with Crippen molar-refractivity contribution >= 4 is 12.3 Å². The van der Waals surface area contributed by atoms with Gasteiger partial charge in [-0.25, -0.2) is 9.59 Å².